The second-order valence-corrected chi connectivity index (χ2v) is 3.99. The number of unbranched alkanes of at least 4 members (excludes halogenated alkanes) is 1. The summed E-state index contributed by atoms with van der Waals surface area (Å²) in [7, 11) is 0. The van der Waals surface area contributed by atoms with E-state index in [1.54, 1.807) is 4.57 Å². The topological polar surface area (TPSA) is 72.8 Å². The third kappa shape index (κ3) is 2.65. The quantitative estimate of drug-likeness (QED) is 0.651. The Bertz CT molecular complexity index is 563. The molecule has 2 heterocycles. The average molecular weight is 257 g/mol. The van der Waals surface area contributed by atoms with Gasteiger partial charge in [-0.15, -0.1) is 0 Å². The van der Waals surface area contributed by atoms with Crippen LogP contribution in [-0.4, -0.2) is 26.1 Å². The van der Waals surface area contributed by atoms with Crippen molar-refractivity contribution in [2.24, 2.45) is 0 Å². The van der Waals surface area contributed by atoms with Gasteiger partial charge < -0.3 is 9.30 Å². The number of hydrogen-bond donors (Lipinski definition) is 1. The molecule has 0 unspecified atom stereocenters. The number of rotatable bonds is 5. The summed E-state index contributed by atoms with van der Waals surface area (Å²) in [5.74, 6) is 0. The van der Waals surface area contributed by atoms with Gasteiger partial charge in [0.1, 0.15) is 6.73 Å². The van der Waals surface area contributed by atoms with E-state index in [9.17, 15) is 4.79 Å². The Labute approximate surface area is 103 Å². The van der Waals surface area contributed by atoms with Gasteiger partial charge in [-0.1, -0.05) is 13.3 Å². The van der Waals surface area contributed by atoms with Gasteiger partial charge in [-0.05, 0) is 18.0 Å². The second kappa shape index (κ2) is 5.29. The lowest BCUT2D eigenvalue weighted by Gasteiger charge is -2.04. The Morgan fingerprint density at radius 1 is 1.59 bits per heavy atom. The lowest BCUT2D eigenvalue weighted by molar-refractivity contribution is 0.0772. The van der Waals surface area contributed by atoms with Crippen molar-refractivity contribution < 1.29 is 4.74 Å². The molecule has 0 aliphatic heterocycles. The van der Waals surface area contributed by atoms with Crippen molar-refractivity contribution in [3.8, 4) is 0 Å². The third-order valence-corrected chi connectivity index (χ3v) is 2.51. The van der Waals surface area contributed by atoms with Gasteiger partial charge in [-0.3, -0.25) is 9.78 Å². The molecule has 6 nitrogen and oxygen atoms in total. The first-order valence-corrected chi connectivity index (χ1v) is 5.78. The Balaban J connectivity index is 2.21. The molecule has 0 saturated carbocycles. The Hall–Kier alpha value is -1.40. The SMILES string of the molecule is CCCCOCn1cnc2nc(Cl)[nH]c(=O)c21. The van der Waals surface area contributed by atoms with Crippen molar-refractivity contribution in [3.05, 3.63) is 22.0 Å². The van der Waals surface area contributed by atoms with Crippen molar-refractivity contribution in [1.29, 1.82) is 0 Å². The molecular weight excluding hydrogens is 244 g/mol. The van der Waals surface area contributed by atoms with Crippen LogP contribution in [0.1, 0.15) is 19.8 Å². The molecule has 0 bridgehead atoms. The molecule has 92 valence electrons. The molecule has 0 saturated heterocycles. The summed E-state index contributed by atoms with van der Waals surface area (Å²) in [6.45, 7) is 3.05. The molecular formula is C10H13ClN4O2. The predicted octanol–water partition coefficient (Wildman–Crippen LogP) is 1.55. The van der Waals surface area contributed by atoms with Crippen LogP contribution in [-0.2, 0) is 11.5 Å². The van der Waals surface area contributed by atoms with Crippen molar-refractivity contribution in [2.45, 2.75) is 26.5 Å². The Morgan fingerprint density at radius 3 is 3.18 bits per heavy atom. The van der Waals surface area contributed by atoms with Crippen LogP contribution in [0.3, 0.4) is 0 Å². The van der Waals surface area contributed by atoms with E-state index in [1.165, 1.54) is 6.33 Å². The van der Waals surface area contributed by atoms with Crippen LogP contribution < -0.4 is 5.56 Å². The molecule has 2 aromatic rings. The average Bonchev–Trinajstić information content (AvgIpc) is 2.68. The van der Waals surface area contributed by atoms with Crippen molar-refractivity contribution in [3.63, 3.8) is 0 Å². The first kappa shape index (κ1) is 12.1. The molecule has 0 aromatic carbocycles. The fourth-order valence-electron chi connectivity index (χ4n) is 1.47. The number of aromatic amines is 1. The smallest absolute Gasteiger partial charge is 0.278 e. The maximum atomic E-state index is 11.7. The van der Waals surface area contributed by atoms with Crippen LogP contribution in [0.2, 0.25) is 5.28 Å². The van der Waals surface area contributed by atoms with Gasteiger partial charge in [0, 0.05) is 6.61 Å². The van der Waals surface area contributed by atoms with E-state index >= 15 is 0 Å². The largest absolute Gasteiger partial charge is 0.361 e. The van der Waals surface area contributed by atoms with E-state index in [-0.39, 0.29) is 10.8 Å². The third-order valence-electron chi connectivity index (χ3n) is 2.33. The van der Waals surface area contributed by atoms with E-state index in [2.05, 4.69) is 21.9 Å². The van der Waals surface area contributed by atoms with E-state index in [4.69, 9.17) is 16.3 Å². The minimum absolute atomic E-state index is 0.0413. The van der Waals surface area contributed by atoms with Gasteiger partial charge in [0.2, 0.25) is 5.28 Å². The molecule has 17 heavy (non-hydrogen) atoms. The highest BCUT2D eigenvalue weighted by Gasteiger charge is 2.09. The van der Waals surface area contributed by atoms with Crippen LogP contribution in [0.25, 0.3) is 11.2 Å². The molecule has 2 aromatic heterocycles. The number of H-pyrrole nitrogens is 1. The normalized spacial score (nSPS) is 11.2. The van der Waals surface area contributed by atoms with Crippen LogP contribution in [0.4, 0.5) is 0 Å². The van der Waals surface area contributed by atoms with Crippen LogP contribution in [0.15, 0.2) is 11.1 Å². The lowest BCUT2D eigenvalue weighted by atomic mass is 10.4. The minimum Gasteiger partial charge on any atom is -0.361 e. The molecule has 0 spiro atoms. The number of aromatic nitrogens is 4. The van der Waals surface area contributed by atoms with Crippen LogP contribution >= 0.6 is 11.6 Å². The van der Waals surface area contributed by atoms with Gasteiger partial charge in [-0.25, -0.2) is 4.98 Å². The highest BCUT2D eigenvalue weighted by molar-refractivity contribution is 6.28. The van der Waals surface area contributed by atoms with E-state index in [1.807, 2.05) is 0 Å². The zero-order valence-corrected chi connectivity index (χ0v) is 10.2. The van der Waals surface area contributed by atoms with Gasteiger partial charge in [-0.2, -0.15) is 4.98 Å². The zero-order chi connectivity index (χ0) is 12.3. The summed E-state index contributed by atoms with van der Waals surface area (Å²) in [5.41, 5.74) is 0.403. The predicted molar refractivity (Wildman–Crippen MR) is 64.0 cm³/mol. The maximum absolute atomic E-state index is 11.7. The summed E-state index contributed by atoms with van der Waals surface area (Å²) < 4.78 is 7.04. The van der Waals surface area contributed by atoms with E-state index in [0.717, 1.165) is 12.8 Å². The number of nitrogens with one attached hydrogen (secondary N) is 1. The minimum atomic E-state index is -0.309. The fourth-order valence-corrected chi connectivity index (χ4v) is 1.63. The van der Waals surface area contributed by atoms with Gasteiger partial charge in [0.05, 0.1) is 6.33 Å². The second-order valence-electron chi connectivity index (χ2n) is 3.63. The van der Waals surface area contributed by atoms with Crippen LogP contribution in [0.5, 0.6) is 0 Å². The highest BCUT2D eigenvalue weighted by atomic mass is 35.5. The molecule has 0 aliphatic rings. The highest BCUT2D eigenvalue weighted by Crippen LogP contribution is 2.07. The molecule has 0 fully saturated rings. The number of hydrogen-bond acceptors (Lipinski definition) is 4. The first-order chi connectivity index (χ1) is 8.22. The van der Waals surface area contributed by atoms with E-state index in [0.29, 0.717) is 24.5 Å². The molecule has 0 amide bonds. The number of ether oxygens (including phenoxy) is 1. The van der Waals surface area contributed by atoms with Crippen LogP contribution in [0, 0.1) is 0 Å². The summed E-state index contributed by atoms with van der Waals surface area (Å²) in [5, 5.41) is 0.0413. The summed E-state index contributed by atoms with van der Waals surface area (Å²) in [4.78, 5) is 22.0. The van der Waals surface area contributed by atoms with Gasteiger partial charge in [0.25, 0.3) is 5.56 Å². The fraction of sp³-hybridized carbons (Fsp3) is 0.500. The van der Waals surface area contributed by atoms with Crippen molar-refractivity contribution in [2.75, 3.05) is 6.61 Å². The Morgan fingerprint density at radius 2 is 2.41 bits per heavy atom. The van der Waals surface area contributed by atoms with Crippen molar-refractivity contribution >= 4 is 22.8 Å². The summed E-state index contributed by atoms with van der Waals surface area (Å²) in [6, 6.07) is 0. The molecule has 0 aliphatic carbocycles. The number of fused-ring (bicyclic) bond motifs is 1. The Kier molecular flexibility index (Phi) is 3.75. The molecule has 7 heteroatoms. The molecule has 2 rings (SSSR count). The zero-order valence-electron chi connectivity index (χ0n) is 9.44. The maximum Gasteiger partial charge on any atom is 0.278 e. The number of imidazole rings is 1. The number of nitrogens with zero attached hydrogens (tertiary/aromatic N) is 3. The summed E-state index contributed by atoms with van der Waals surface area (Å²) >= 11 is 5.63. The van der Waals surface area contributed by atoms with E-state index < -0.39 is 0 Å². The first-order valence-electron chi connectivity index (χ1n) is 5.40. The standard InChI is InChI=1S/C10H13ClN4O2/c1-2-3-4-17-6-15-5-12-8-7(15)9(16)14-10(11)13-8/h5H,2-4,6H2,1H3,(H,13,14,16). The molecule has 0 atom stereocenters. The summed E-state index contributed by atoms with van der Waals surface area (Å²) in [6.07, 6.45) is 3.59. The monoisotopic (exact) mass is 256 g/mol. The van der Waals surface area contributed by atoms with Gasteiger partial charge in [0.15, 0.2) is 11.2 Å². The number of halogens is 1. The van der Waals surface area contributed by atoms with Gasteiger partial charge >= 0.3 is 0 Å². The molecule has 1 N–H and O–H groups in total. The molecule has 0 radical (unpaired) electrons. The van der Waals surface area contributed by atoms with Crippen molar-refractivity contribution in [1.82, 2.24) is 19.5 Å². The lowest BCUT2D eigenvalue weighted by Crippen LogP contribution is -2.13.